The zero-order chi connectivity index (χ0) is 14.0. The summed E-state index contributed by atoms with van der Waals surface area (Å²) in [5.41, 5.74) is 1.08. The van der Waals surface area contributed by atoms with Gasteiger partial charge in [0.15, 0.2) is 0 Å². The summed E-state index contributed by atoms with van der Waals surface area (Å²) >= 11 is 0. The van der Waals surface area contributed by atoms with Crippen LogP contribution in [0.1, 0.15) is 11.4 Å². The van der Waals surface area contributed by atoms with E-state index in [2.05, 4.69) is 10.2 Å². The average Bonchev–Trinajstić information content (AvgIpc) is 2.80. The van der Waals surface area contributed by atoms with E-state index in [0.29, 0.717) is 11.4 Å². The minimum absolute atomic E-state index is 0.0290. The Morgan fingerprint density at radius 3 is 2.53 bits per heavy atom. The van der Waals surface area contributed by atoms with E-state index in [1.165, 1.54) is 11.4 Å². The molecule has 1 aromatic heterocycles. The fourth-order valence-electron chi connectivity index (χ4n) is 1.83. The lowest BCUT2D eigenvalue weighted by molar-refractivity contribution is 0.273. The van der Waals surface area contributed by atoms with Crippen molar-refractivity contribution in [2.45, 2.75) is 18.4 Å². The predicted molar refractivity (Wildman–Crippen MR) is 71.3 cm³/mol. The van der Waals surface area contributed by atoms with Crippen LogP contribution in [0.2, 0.25) is 0 Å². The number of rotatable bonds is 4. The number of aryl methyl sites for hydroxylation is 1. The number of hydrogen-bond donors (Lipinski definition) is 2. The Bertz CT molecular complexity index is 665. The summed E-state index contributed by atoms with van der Waals surface area (Å²) in [5, 5.41) is 15.6. The first-order valence-electron chi connectivity index (χ1n) is 5.67. The molecule has 0 amide bonds. The molecule has 19 heavy (non-hydrogen) atoms. The first-order valence-corrected chi connectivity index (χ1v) is 7.11. The van der Waals surface area contributed by atoms with Gasteiger partial charge in [-0.2, -0.15) is 5.10 Å². The Labute approximate surface area is 111 Å². The van der Waals surface area contributed by atoms with Crippen molar-refractivity contribution in [1.82, 2.24) is 10.2 Å². The maximum Gasteiger partial charge on any atom is 0.267 e. The fraction of sp³-hybridized carbons (Fsp3) is 0.250. The summed E-state index contributed by atoms with van der Waals surface area (Å²) in [5.74, 6) is 0. The number of para-hydroxylation sites is 1. The van der Waals surface area contributed by atoms with Crippen LogP contribution < -0.4 is 4.31 Å². The summed E-state index contributed by atoms with van der Waals surface area (Å²) in [7, 11) is -2.27. The normalized spacial score (nSPS) is 11.5. The Balaban J connectivity index is 2.51. The van der Waals surface area contributed by atoms with Gasteiger partial charge in [0.2, 0.25) is 0 Å². The second-order valence-corrected chi connectivity index (χ2v) is 6.00. The zero-order valence-electron chi connectivity index (χ0n) is 10.7. The third kappa shape index (κ3) is 2.34. The van der Waals surface area contributed by atoms with E-state index in [1.807, 2.05) is 6.07 Å². The molecule has 0 saturated carbocycles. The smallest absolute Gasteiger partial charge is 0.267 e. The van der Waals surface area contributed by atoms with Gasteiger partial charge in [0.1, 0.15) is 10.6 Å². The third-order valence-corrected chi connectivity index (χ3v) is 4.84. The molecule has 0 saturated heterocycles. The molecule has 1 heterocycles. The summed E-state index contributed by atoms with van der Waals surface area (Å²) in [6.07, 6.45) is 0. The maximum absolute atomic E-state index is 12.5. The number of benzene rings is 1. The molecule has 0 aliphatic rings. The van der Waals surface area contributed by atoms with E-state index in [4.69, 9.17) is 0 Å². The summed E-state index contributed by atoms with van der Waals surface area (Å²) < 4.78 is 26.3. The van der Waals surface area contributed by atoms with E-state index in [9.17, 15) is 13.5 Å². The lowest BCUT2D eigenvalue weighted by atomic mass is 10.3. The van der Waals surface area contributed by atoms with Crippen LogP contribution in [0.4, 0.5) is 5.69 Å². The average molecular weight is 281 g/mol. The number of aromatic amines is 1. The van der Waals surface area contributed by atoms with Gasteiger partial charge in [-0.25, -0.2) is 8.42 Å². The van der Waals surface area contributed by atoms with Crippen LogP contribution in [0.25, 0.3) is 0 Å². The number of sulfonamides is 1. The van der Waals surface area contributed by atoms with Crippen molar-refractivity contribution in [1.29, 1.82) is 0 Å². The molecular formula is C12H15N3O3S. The molecule has 0 radical (unpaired) electrons. The van der Waals surface area contributed by atoms with Crippen molar-refractivity contribution in [2.24, 2.45) is 0 Å². The van der Waals surface area contributed by atoms with Gasteiger partial charge in [-0.05, 0) is 19.1 Å². The van der Waals surface area contributed by atoms with Crippen LogP contribution in [0.3, 0.4) is 0 Å². The quantitative estimate of drug-likeness (QED) is 0.876. The Kier molecular flexibility index (Phi) is 3.59. The van der Waals surface area contributed by atoms with Gasteiger partial charge in [0.05, 0.1) is 18.0 Å². The van der Waals surface area contributed by atoms with E-state index in [-0.39, 0.29) is 10.6 Å². The topological polar surface area (TPSA) is 86.3 Å². The number of aliphatic hydroxyl groups excluding tert-OH is 1. The standard InChI is InChI=1S/C12H15N3O3S/c1-9-12(11(8-16)14-13-9)19(17,18)15(2)10-6-4-3-5-7-10/h3-7,16H,8H2,1-2H3,(H,13,14). The van der Waals surface area contributed by atoms with E-state index < -0.39 is 16.6 Å². The molecule has 2 aromatic rings. The first kappa shape index (κ1) is 13.6. The van der Waals surface area contributed by atoms with Crippen molar-refractivity contribution < 1.29 is 13.5 Å². The molecular weight excluding hydrogens is 266 g/mol. The van der Waals surface area contributed by atoms with Gasteiger partial charge < -0.3 is 5.11 Å². The molecule has 2 rings (SSSR count). The van der Waals surface area contributed by atoms with Crippen molar-refractivity contribution >= 4 is 15.7 Å². The van der Waals surface area contributed by atoms with Crippen LogP contribution in [-0.2, 0) is 16.6 Å². The van der Waals surface area contributed by atoms with Crippen molar-refractivity contribution in [3.05, 3.63) is 41.7 Å². The number of aromatic nitrogens is 2. The molecule has 102 valence electrons. The van der Waals surface area contributed by atoms with Crippen molar-refractivity contribution in [2.75, 3.05) is 11.4 Å². The monoisotopic (exact) mass is 281 g/mol. The Morgan fingerprint density at radius 2 is 1.95 bits per heavy atom. The summed E-state index contributed by atoms with van der Waals surface area (Å²) in [6, 6.07) is 8.73. The van der Waals surface area contributed by atoms with Crippen LogP contribution in [0.5, 0.6) is 0 Å². The van der Waals surface area contributed by atoms with Gasteiger partial charge in [-0.3, -0.25) is 9.40 Å². The van der Waals surface area contributed by atoms with Crippen LogP contribution >= 0.6 is 0 Å². The Morgan fingerprint density at radius 1 is 1.32 bits per heavy atom. The molecule has 2 N–H and O–H groups in total. The SMILES string of the molecule is Cc1[nH]nc(CO)c1S(=O)(=O)N(C)c1ccccc1. The van der Waals surface area contributed by atoms with Gasteiger partial charge in [-0.1, -0.05) is 18.2 Å². The first-order chi connectivity index (χ1) is 8.98. The van der Waals surface area contributed by atoms with Gasteiger partial charge in [0.25, 0.3) is 10.0 Å². The number of aliphatic hydroxyl groups is 1. The number of H-pyrrole nitrogens is 1. The van der Waals surface area contributed by atoms with E-state index >= 15 is 0 Å². The van der Waals surface area contributed by atoms with Crippen LogP contribution in [0, 0.1) is 6.92 Å². The highest BCUT2D eigenvalue weighted by Crippen LogP contribution is 2.25. The van der Waals surface area contributed by atoms with Gasteiger partial charge in [0, 0.05) is 7.05 Å². The zero-order valence-corrected chi connectivity index (χ0v) is 11.5. The van der Waals surface area contributed by atoms with Crippen LogP contribution in [-0.4, -0.2) is 30.8 Å². The van der Waals surface area contributed by atoms with Crippen LogP contribution in [0.15, 0.2) is 35.2 Å². The second kappa shape index (κ2) is 5.02. The predicted octanol–water partition coefficient (Wildman–Crippen LogP) is 1.04. The molecule has 0 fully saturated rings. The highest BCUT2D eigenvalue weighted by molar-refractivity contribution is 7.92. The fourth-order valence-corrected chi connectivity index (χ4v) is 3.35. The molecule has 0 bridgehead atoms. The number of nitrogens with zero attached hydrogens (tertiary/aromatic N) is 2. The number of anilines is 1. The maximum atomic E-state index is 12.5. The minimum Gasteiger partial charge on any atom is -0.390 e. The highest BCUT2D eigenvalue weighted by Gasteiger charge is 2.28. The van der Waals surface area contributed by atoms with Crippen molar-refractivity contribution in [3.8, 4) is 0 Å². The number of hydrogen-bond acceptors (Lipinski definition) is 4. The molecule has 0 atom stereocenters. The minimum atomic E-state index is -3.74. The van der Waals surface area contributed by atoms with Gasteiger partial charge >= 0.3 is 0 Å². The molecule has 0 spiro atoms. The lowest BCUT2D eigenvalue weighted by Gasteiger charge is -2.19. The van der Waals surface area contributed by atoms with E-state index in [0.717, 1.165) is 0 Å². The molecule has 1 aromatic carbocycles. The van der Waals surface area contributed by atoms with Crippen molar-refractivity contribution in [3.63, 3.8) is 0 Å². The molecule has 0 aliphatic carbocycles. The van der Waals surface area contributed by atoms with Gasteiger partial charge in [-0.15, -0.1) is 0 Å². The van der Waals surface area contributed by atoms with E-state index in [1.54, 1.807) is 31.2 Å². The highest BCUT2D eigenvalue weighted by atomic mass is 32.2. The lowest BCUT2D eigenvalue weighted by Crippen LogP contribution is -2.27. The third-order valence-electron chi connectivity index (χ3n) is 2.85. The molecule has 6 nitrogen and oxygen atoms in total. The second-order valence-electron chi connectivity index (χ2n) is 4.09. The molecule has 0 unspecified atom stereocenters. The number of nitrogens with one attached hydrogen (secondary N) is 1. The largest absolute Gasteiger partial charge is 0.390 e. The Hall–Kier alpha value is -1.86. The summed E-state index contributed by atoms with van der Waals surface area (Å²) in [6.45, 7) is 1.18. The molecule has 7 heteroatoms. The molecule has 0 aliphatic heterocycles. The summed E-state index contributed by atoms with van der Waals surface area (Å²) in [4.78, 5) is 0.0290.